The highest BCUT2D eigenvalue weighted by molar-refractivity contribution is 5.88. The van der Waals surface area contributed by atoms with Gasteiger partial charge in [-0.3, -0.25) is 14.6 Å². The van der Waals surface area contributed by atoms with E-state index in [0.717, 1.165) is 48.3 Å². The summed E-state index contributed by atoms with van der Waals surface area (Å²) in [6.45, 7) is 5.81. The molecule has 2 saturated heterocycles. The maximum Gasteiger partial charge on any atom is 0.245 e. The van der Waals surface area contributed by atoms with E-state index in [2.05, 4.69) is 6.07 Å². The van der Waals surface area contributed by atoms with Gasteiger partial charge in [0.15, 0.2) is 0 Å². The lowest BCUT2D eigenvalue weighted by Gasteiger charge is -2.36. The van der Waals surface area contributed by atoms with Crippen molar-refractivity contribution in [3.8, 4) is 11.1 Å². The van der Waals surface area contributed by atoms with Crippen molar-refractivity contribution in [2.75, 3.05) is 19.6 Å². The number of rotatable bonds is 4. The molecule has 4 rings (SSSR count). The summed E-state index contributed by atoms with van der Waals surface area (Å²) >= 11 is 0. The molecule has 2 aliphatic rings. The van der Waals surface area contributed by atoms with Crippen LogP contribution in [0.15, 0.2) is 36.4 Å². The van der Waals surface area contributed by atoms with Gasteiger partial charge in [0.05, 0.1) is 0 Å². The highest BCUT2D eigenvalue weighted by atomic mass is 19.1. The van der Waals surface area contributed by atoms with Crippen LogP contribution < -0.4 is 0 Å². The Balaban J connectivity index is 1.52. The Kier molecular flexibility index (Phi) is 5.84. The maximum atomic E-state index is 13.3. The molecule has 0 saturated carbocycles. The minimum atomic E-state index is -0.404. The summed E-state index contributed by atoms with van der Waals surface area (Å²) < 4.78 is 13.3. The standard InChI is InChI=1S/C24H28FN3O2/c1-16-13-20(18-7-9-21(25)10-8-18)14-22(26-16)19-5-3-11-27(15-19)24(30)17(2)28-12-4-6-23(28)29/h7-10,13-14,17,19H,3-6,11-12,15H2,1-2H3/t17-,19+/m1/s1. The van der Waals surface area contributed by atoms with E-state index in [1.165, 1.54) is 12.1 Å². The molecule has 0 radical (unpaired) electrons. The number of carbonyl (C=O) groups excluding carboxylic acids is 2. The molecular formula is C24H28FN3O2. The summed E-state index contributed by atoms with van der Waals surface area (Å²) in [5.74, 6) is 0.00938. The lowest BCUT2D eigenvalue weighted by atomic mass is 9.92. The van der Waals surface area contributed by atoms with Gasteiger partial charge in [-0.15, -0.1) is 0 Å². The monoisotopic (exact) mass is 409 g/mol. The molecule has 30 heavy (non-hydrogen) atoms. The first-order valence-electron chi connectivity index (χ1n) is 10.7. The van der Waals surface area contributed by atoms with E-state index in [9.17, 15) is 14.0 Å². The van der Waals surface area contributed by atoms with E-state index in [1.807, 2.05) is 24.8 Å². The van der Waals surface area contributed by atoms with Crippen molar-refractivity contribution in [2.24, 2.45) is 0 Å². The van der Waals surface area contributed by atoms with Crippen LogP contribution in [-0.4, -0.2) is 52.3 Å². The zero-order valence-electron chi connectivity index (χ0n) is 17.6. The van der Waals surface area contributed by atoms with Crippen molar-refractivity contribution < 1.29 is 14.0 Å². The maximum absolute atomic E-state index is 13.3. The summed E-state index contributed by atoms with van der Waals surface area (Å²) in [4.78, 5) is 33.5. The molecule has 0 N–H and O–H groups in total. The second-order valence-corrected chi connectivity index (χ2v) is 8.42. The smallest absolute Gasteiger partial charge is 0.245 e. The number of piperidine rings is 1. The molecule has 2 aromatic rings. The Morgan fingerprint density at radius 1 is 1.13 bits per heavy atom. The van der Waals surface area contributed by atoms with E-state index >= 15 is 0 Å². The minimum absolute atomic E-state index is 0.0290. The van der Waals surface area contributed by atoms with Crippen LogP contribution in [0.5, 0.6) is 0 Å². The van der Waals surface area contributed by atoms with Crippen LogP contribution in [0.4, 0.5) is 4.39 Å². The number of benzene rings is 1. The number of aromatic nitrogens is 1. The molecule has 6 heteroatoms. The number of carbonyl (C=O) groups is 2. The van der Waals surface area contributed by atoms with Gasteiger partial charge in [0.2, 0.25) is 11.8 Å². The van der Waals surface area contributed by atoms with Crippen LogP contribution in [0.1, 0.15) is 49.9 Å². The Morgan fingerprint density at radius 3 is 2.60 bits per heavy atom. The molecule has 0 unspecified atom stereocenters. The third-order valence-corrected chi connectivity index (χ3v) is 6.24. The Hall–Kier alpha value is -2.76. The van der Waals surface area contributed by atoms with Gasteiger partial charge in [-0.25, -0.2) is 4.39 Å². The highest BCUT2D eigenvalue weighted by Crippen LogP contribution is 2.30. The molecule has 158 valence electrons. The minimum Gasteiger partial charge on any atom is -0.340 e. The SMILES string of the molecule is Cc1cc(-c2ccc(F)cc2)cc([C@H]2CCCN(C(=O)[C@@H](C)N3CCCC3=O)C2)n1. The lowest BCUT2D eigenvalue weighted by Crippen LogP contribution is -2.50. The van der Waals surface area contributed by atoms with Crippen LogP contribution in [0.3, 0.4) is 0 Å². The predicted octanol–water partition coefficient (Wildman–Crippen LogP) is 3.91. The van der Waals surface area contributed by atoms with Crippen LogP contribution >= 0.6 is 0 Å². The van der Waals surface area contributed by atoms with Gasteiger partial charge < -0.3 is 9.80 Å². The van der Waals surface area contributed by atoms with Gasteiger partial charge in [-0.05, 0) is 68.5 Å². The number of amides is 2. The second-order valence-electron chi connectivity index (χ2n) is 8.42. The number of likely N-dealkylation sites (tertiary alicyclic amines) is 2. The van der Waals surface area contributed by atoms with Gasteiger partial charge in [-0.2, -0.15) is 0 Å². The zero-order chi connectivity index (χ0) is 21.3. The fourth-order valence-electron chi connectivity index (χ4n) is 4.61. The second kappa shape index (κ2) is 8.54. The quantitative estimate of drug-likeness (QED) is 0.769. The number of pyridine rings is 1. The van der Waals surface area contributed by atoms with Crippen molar-refractivity contribution in [3.05, 3.63) is 53.6 Å². The third-order valence-electron chi connectivity index (χ3n) is 6.24. The Labute approximate surface area is 176 Å². The summed E-state index contributed by atoms with van der Waals surface area (Å²) in [5, 5.41) is 0. The molecule has 1 aromatic heterocycles. The number of hydrogen-bond acceptors (Lipinski definition) is 3. The van der Waals surface area contributed by atoms with Crippen molar-refractivity contribution in [1.29, 1.82) is 0 Å². The van der Waals surface area contributed by atoms with Gasteiger partial charge in [0.25, 0.3) is 0 Å². The summed E-state index contributed by atoms with van der Waals surface area (Å²) in [5.41, 5.74) is 3.84. The van der Waals surface area contributed by atoms with Crippen LogP contribution in [0, 0.1) is 12.7 Å². The molecule has 2 fully saturated rings. The van der Waals surface area contributed by atoms with Crippen molar-refractivity contribution in [1.82, 2.24) is 14.8 Å². The molecule has 0 bridgehead atoms. The average Bonchev–Trinajstić information content (AvgIpc) is 3.18. The van der Waals surface area contributed by atoms with E-state index in [1.54, 1.807) is 17.0 Å². The van der Waals surface area contributed by atoms with Crippen molar-refractivity contribution in [3.63, 3.8) is 0 Å². The lowest BCUT2D eigenvalue weighted by molar-refractivity contribution is -0.143. The summed E-state index contributed by atoms with van der Waals surface area (Å²) in [6, 6.07) is 10.1. The molecule has 2 amide bonds. The average molecular weight is 410 g/mol. The molecule has 2 aliphatic heterocycles. The van der Waals surface area contributed by atoms with Gasteiger partial charge in [0, 0.05) is 43.4 Å². The number of aryl methyl sites for hydroxylation is 1. The fourth-order valence-corrected chi connectivity index (χ4v) is 4.61. The fraction of sp³-hybridized carbons (Fsp3) is 0.458. The van der Waals surface area contributed by atoms with E-state index in [4.69, 9.17) is 4.98 Å². The molecule has 0 aliphatic carbocycles. The molecule has 3 heterocycles. The number of hydrogen-bond donors (Lipinski definition) is 0. The van der Waals surface area contributed by atoms with Crippen LogP contribution in [0.2, 0.25) is 0 Å². The molecular weight excluding hydrogens is 381 g/mol. The van der Waals surface area contributed by atoms with E-state index in [0.29, 0.717) is 19.5 Å². The van der Waals surface area contributed by atoms with Crippen LogP contribution in [0.25, 0.3) is 11.1 Å². The number of nitrogens with zero attached hydrogens (tertiary/aromatic N) is 3. The molecule has 0 spiro atoms. The van der Waals surface area contributed by atoms with E-state index in [-0.39, 0.29) is 23.5 Å². The highest BCUT2D eigenvalue weighted by Gasteiger charge is 2.34. The van der Waals surface area contributed by atoms with Crippen molar-refractivity contribution >= 4 is 11.8 Å². The van der Waals surface area contributed by atoms with Gasteiger partial charge in [0.1, 0.15) is 11.9 Å². The third kappa shape index (κ3) is 4.23. The van der Waals surface area contributed by atoms with E-state index < -0.39 is 6.04 Å². The first-order valence-corrected chi connectivity index (χ1v) is 10.7. The zero-order valence-corrected chi connectivity index (χ0v) is 17.6. The summed E-state index contributed by atoms with van der Waals surface area (Å²) in [6.07, 6.45) is 3.26. The Morgan fingerprint density at radius 2 is 1.90 bits per heavy atom. The van der Waals surface area contributed by atoms with Gasteiger partial charge >= 0.3 is 0 Å². The van der Waals surface area contributed by atoms with Gasteiger partial charge in [-0.1, -0.05) is 12.1 Å². The molecule has 1 aromatic carbocycles. The Bertz CT molecular complexity index is 944. The molecule has 2 atom stereocenters. The first-order chi connectivity index (χ1) is 14.4. The largest absolute Gasteiger partial charge is 0.340 e. The topological polar surface area (TPSA) is 53.5 Å². The normalized spacial score (nSPS) is 20.5. The molecule has 5 nitrogen and oxygen atoms in total. The van der Waals surface area contributed by atoms with Crippen molar-refractivity contribution in [2.45, 2.75) is 51.5 Å². The first kappa shape index (κ1) is 20.5. The predicted molar refractivity (Wildman–Crippen MR) is 113 cm³/mol. The number of halogens is 1. The van der Waals surface area contributed by atoms with Crippen LogP contribution in [-0.2, 0) is 9.59 Å². The summed E-state index contributed by atoms with van der Waals surface area (Å²) in [7, 11) is 0.